The lowest BCUT2D eigenvalue weighted by molar-refractivity contribution is -0.122. The third-order valence-electron chi connectivity index (χ3n) is 2.53. The fraction of sp³-hybridized carbons (Fsp3) is 0.385. The smallest absolute Gasteiger partial charge is 0.236 e. The number of hydrogen-bond acceptors (Lipinski definition) is 3. The maximum atomic E-state index is 13.1. The summed E-state index contributed by atoms with van der Waals surface area (Å²) in [5.41, 5.74) is 0.959. The average molecular weight is 249 g/mol. The van der Waals surface area contributed by atoms with Crippen LogP contribution in [-0.4, -0.2) is 18.5 Å². The lowest BCUT2D eigenvalue weighted by Gasteiger charge is -2.13. The van der Waals surface area contributed by atoms with Crippen LogP contribution in [0.15, 0.2) is 18.2 Å². The Balaban J connectivity index is 2.66. The number of likely N-dealkylation sites (N-methyl/N-ethyl adjacent to an activating group) is 1. The lowest BCUT2D eigenvalue weighted by atomic mass is 10.1. The minimum atomic E-state index is -0.392. The number of carbonyl (C=O) groups excluding carboxylic acids is 1. The van der Waals surface area contributed by atoms with Crippen LogP contribution in [0.2, 0.25) is 0 Å². The molecule has 18 heavy (non-hydrogen) atoms. The number of halogens is 1. The van der Waals surface area contributed by atoms with Crippen LogP contribution in [0, 0.1) is 17.1 Å². The van der Waals surface area contributed by atoms with E-state index in [0.717, 1.165) is 0 Å². The van der Waals surface area contributed by atoms with Crippen molar-refractivity contribution in [3.63, 3.8) is 0 Å². The largest absolute Gasteiger partial charge is 0.355 e. The van der Waals surface area contributed by atoms with Gasteiger partial charge in [0.2, 0.25) is 5.91 Å². The number of rotatable bonds is 5. The molecule has 1 unspecified atom stereocenters. The van der Waals surface area contributed by atoms with Gasteiger partial charge in [-0.25, -0.2) is 4.39 Å². The molecule has 0 aliphatic heterocycles. The maximum absolute atomic E-state index is 13.1. The molecule has 1 amide bonds. The van der Waals surface area contributed by atoms with E-state index in [-0.39, 0.29) is 18.5 Å². The summed E-state index contributed by atoms with van der Waals surface area (Å²) in [5.74, 6) is -0.510. The zero-order valence-electron chi connectivity index (χ0n) is 10.5. The number of nitrogens with zero attached hydrogens (tertiary/aromatic N) is 1. The van der Waals surface area contributed by atoms with Crippen molar-refractivity contribution >= 4 is 5.91 Å². The summed E-state index contributed by atoms with van der Waals surface area (Å²) in [4.78, 5) is 11.5. The first-order valence-electron chi connectivity index (χ1n) is 5.78. The van der Waals surface area contributed by atoms with Crippen LogP contribution < -0.4 is 10.6 Å². The summed E-state index contributed by atoms with van der Waals surface area (Å²) in [5, 5.41) is 14.5. The zero-order chi connectivity index (χ0) is 13.5. The first-order chi connectivity index (χ1) is 8.58. The lowest BCUT2D eigenvalue weighted by Crippen LogP contribution is -2.41. The van der Waals surface area contributed by atoms with E-state index in [4.69, 9.17) is 5.26 Å². The summed E-state index contributed by atoms with van der Waals surface area (Å²) in [6, 6.07) is 5.59. The summed E-state index contributed by atoms with van der Waals surface area (Å²) in [6.07, 6.45) is 0. The van der Waals surface area contributed by atoms with E-state index in [1.807, 2.05) is 13.0 Å². The number of benzene rings is 1. The van der Waals surface area contributed by atoms with Gasteiger partial charge < -0.3 is 10.6 Å². The Labute approximate surface area is 106 Å². The third-order valence-corrected chi connectivity index (χ3v) is 2.53. The van der Waals surface area contributed by atoms with Gasteiger partial charge in [-0.05, 0) is 37.6 Å². The molecule has 96 valence electrons. The Kier molecular flexibility index (Phi) is 5.28. The molecule has 1 aromatic rings. The van der Waals surface area contributed by atoms with Crippen LogP contribution in [0.1, 0.15) is 25.0 Å². The molecule has 1 rings (SSSR count). The Hall–Kier alpha value is -1.93. The van der Waals surface area contributed by atoms with Gasteiger partial charge in [-0.15, -0.1) is 0 Å². The van der Waals surface area contributed by atoms with Crippen molar-refractivity contribution in [3.05, 3.63) is 35.1 Å². The molecule has 1 aromatic carbocycles. The van der Waals surface area contributed by atoms with Gasteiger partial charge in [0, 0.05) is 13.1 Å². The van der Waals surface area contributed by atoms with E-state index in [2.05, 4.69) is 10.6 Å². The van der Waals surface area contributed by atoms with Crippen molar-refractivity contribution < 1.29 is 9.18 Å². The Morgan fingerprint density at radius 1 is 1.56 bits per heavy atom. The van der Waals surface area contributed by atoms with E-state index in [1.165, 1.54) is 18.2 Å². The molecule has 0 aliphatic carbocycles. The molecule has 4 nitrogen and oxygen atoms in total. The summed E-state index contributed by atoms with van der Waals surface area (Å²) < 4.78 is 13.1. The quantitative estimate of drug-likeness (QED) is 0.827. The van der Waals surface area contributed by atoms with E-state index in [9.17, 15) is 9.18 Å². The molecule has 5 heteroatoms. The SMILES string of the molecule is CCNC(=O)C(C)NCc1cc(F)ccc1C#N. The summed E-state index contributed by atoms with van der Waals surface area (Å²) in [6.45, 7) is 4.40. The predicted octanol–water partition coefficient (Wildman–Crippen LogP) is 1.31. The molecule has 0 aromatic heterocycles. The highest BCUT2D eigenvalue weighted by atomic mass is 19.1. The van der Waals surface area contributed by atoms with Gasteiger partial charge in [0.15, 0.2) is 0 Å². The normalized spacial score (nSPS) is 11.7. The van der Waals surface area contributed by atoms with Crippen LogP contribution >= 0.6 is 0 Å². The fourth-order valence-corrected chi connectivity index (χ4v) is 1.50. The molecule has 0 saturated carbocycles. The standard InChI is InChI=1S/C13H16FN3O/c1-3-16-13(18)9(2)17-8-11-6-12(14)5-4-10(11)7-15/h4-6,9,17H,3,8H2,1-2H3,(H,16,18). The molecule has 0 aliphatic rings. The van der Waals surface area contributed by atoms with E-state index in [0.29, 0.717) is 17.7 Å². The van der Waals surface area contributed by atoms with E-state index in [1.54, 1.807) is 6.92 Å². The van der Waals surface area contributed by atoms with Crippen LogP contribution in [-0.2, 0) is 11.3 Å². The van der Waals surface area contributed by atoms with Gasteiger partial charge in [0.25, 0.3) is 0 Å². The van der Waals surface area contributed by atoms with Crippen LogP contribution in [0.4, 0.5) is 4.39 Å². The number of amides is 1. The Morgan fingerprint density at radius 2 is 2.28 bits per heavy atom. The molecule has 0 radical (unpaired) electrons. The number of carbonyl (C=O) groups is 1. The van der Waals surface area contributed by atoms with Crippen LogP contribution in [0.5, 0.6) is 0 Å². The Bertz CT molecular complexity index is 468. The van der Waals surface area contributed by atoms with Crippen LogP contribution in [0.3, 0.4) is 0 Å². The molecule has 2 N–H and O–H groups in total. The summed E-state index contributed by atoms with van der Waals surface area (Å²) >= 11 is 0. The van der Waals surface area contributed by atoms with Crippen molar-refractivity contribution in [2.45, 2.75) is 26.4 Å². The second-order valence-electron chi connectivity index (χ2n) is 3.91. The van der Waals surface area contributed by atoms with Gasteiger partial charge in [-0.1, -0.05) is 0 Å². The molecule has 1 atom stereocenters. The highest BCUT2D eigenvalue weighted by molar-refractivity contribution is 5.81. The highest BCUT2D eigenvalue weighted by Gasteiger charge is 2.12. The predicted molar refractivity (Wildman–Crippen MR) is 66.1 cm³/mol. The molecule has 0 spiro atoms. The number of nitriles is 1. The number of nitrogens with one attached hydrogen (secondary N) is 2. The van der Waals surface area contributed by atoms with Gasteiger partial charge in [-0.2, -0.15) is 5.26 Å². The minimum Gasteiger partial charge on any atom is -0.355 e. The first-order valence-corrected chi connectivity index (χ1v) is 5.78. The van der Waals surface area contributed by atoms with Gasteiger partial charge in [0.1, 0.15) is 5.82 Å². The van der Waals surface area contributed by atoms with Crippen molar-refractivity contribution in [2.75, 3.05) is 6.54 Å². The highest BCUT2D eigenvalue weighted by Crippen LogP contribution is 2.10. The monoisotopic (exact) mass is 249 g/mol. The zero-order valence-corrected chi connectivity index (χ0v) is 10.5. The molecular weight excluding hydrogens is 233 g/mol. The van der Waals surface area contributed by atoms with Crippen molar-refractivity contribution in [1.29, 1.82) is 5.26 Å². The molecule has 0 bridgehead atoms. The van der Waals surface area contributed by atoms with Gasteiger partial charge >= 0.3 is 0 Å². The topological polar surface area (TPSA) is 64.9 Å². The van der Waals surface area contributed by atoms with E-state index < -0.39 is 5.82 Å². The van der Waals surface area contributed by atoms with Gasteiger partial charge in [-0.3, -0.25) is 4.79 Å². The van der Waals surface area contributed by atoms with Crippen molar-refractivity contribution in [3.8, 4) is 6.07 Å². The third kappa shape index (κ3) is 3.82. The second-order valence-corrected chi connectivity index (χ2v) is 3.91. The molecule has 0 fully saturated rings. The molecule has 0 heterocycles. The molecular formula is C13H16FN3O. The first kappa shape index (κ1) is 14.1. The van der Waals surface area contributed by atoms with E-state index >= 15 is 0 Å². The van der Waals surface area contributed by atoms with Gasteiger partial charge in [0.05, 0.1) is 17.7 Å². The Morgan fingerprint density at radius 3 is 2.89 bits per heavy atom. The second kappa shape index (κ2) is 6.72. The van der Waals surface area contributed by atoms with Crippen LogP contribution in [0.25, 0.3) is 0 Å². The van der Waals surface area contributed by atoms with Crippen molar-refractivity contribution in [2.24, 2.45) is 0 Å². The average Bonchev–Trinajstić information content (AvgIpc) is 2.36. The maximum Gasteiger partial charge on any atom is 0.236 e. The minimum absolute atomic E-state index is 0.118. The number of hydrogen-bond donors (Lipinski definition) is 2. The van der Waals surface area contributed by atoms with Crippen molar-refractivity contribution in [1.82, 2.24) is 10.6 Å². The fourth-order valence-electron chi connectivity index (χ4n) is 1.50. The summed E-state index contributed by atoms with van der Waals surface area (Å²) in [7, 11) is 0. The molecule has 0 saturated heterocycles.